The molecule has 2 N–H and O–H groups in total. The molecule has 2 saturated heterocycles. The van der Waals surface area contributed by atoms with Crippen molar-refractivity contribution in [2.24, 2.45) is 4.99 Å². The summed E-state index contributed by atoms with van der Waals surface area (Å²) < 4.78 is 0. The summed E-state index contributed by atoms with van der Waals surface area (Å²) in [4.78, 5) is 11.9. The molecule has 0 unspecified atom stereocenters. The maximum atomic E-state index is 4.36. The number of rotatable bonds is 7. The van der Waals surface area contributed by atoms with Crippen LogP contribution in [0.3, 0.4) is 0 Å². The first-order valence-corrected chi connectivity index (χ1v) is 11.4. The van der Waals surface area contributed by atoms with E-state index >= 15 is 0 Å². The van der Waals surface area contributed by atoms with Gasteiger partial charge in [0.1, 0.15) is 0 Å². The topological polar surface area (TPSA) is 46.1 Å². The molecule has 0 atom stereocenters. The maximum Gasteiger partial charge on any atom is 0.191 e. The lowest BCUT2D eigenvalue weighted by Crippen LogP contribution is -2.42. The van der Waals surface area contributed by atoms with Crippen LogP contribution in [-0.2, 0) is 13.1 Å². The molecular weight excluding hydrogens is 360 g/mol. The molecule has 0 saturated carbocycles. The Kier molecular flexibility index (Phi) is 9.25. The highest BCUT2D eigenvalue weighted by Gasteiger charge is 2.12. The number of hydrogen-bond donors (Lipinski definition) is 2. The van der Waals surface area contributed by atoms with Gasteiger partial charge in [-0.2, -0.15) is 0 Å². The van der Waals surface area contributed by atoms with Gasteiger partial charge in [0.05, 0.1) is 0 Å². The van der Waals surface area contributed by atoms with Crippen molar-refractivity contribution < 1.29 is 0 Å². The summed E-state index contributed by atoms with van der Waals surface area (Å²) in [5.41, 5.74) is 2.70. The van der Waals surface area contributed by atoms with Crippen LogP contribution in [0.15, 0.2) is 29.3 Å². The molecule has 29 heavy (non-hydrogen) atoms. The SMILES string of the molecule is CN=C(NCCN1CCCCC1)NCc1ccc(CN2CCCN(C)CC2)cc1. The van der Waals surface area contributed by atoms with Crippen LogP contribution in [0.5, 0.6) is 0 Å². The molecule has 6 nitrogen and oxygen atoms in total. The van der Waals surface area contributed by atoms with Gasteiger partial charge >= 0.3 is 0 Å². The number of likely N-dealkylation sites (tertiary alicyclic amines) is 1. The van der Waals surface area contributed by atoms with Crippen LogP contribution in [0.1, 0.15) is 36.8 Å². The number of likely N-dealkylation sites (N-methyl/N-ethyl adjacent to an activating group) is 1. The highest BCUT2D eigenvalue weighted by atomic mass is 15.2. The van der Waals surface area contributed by atoms with E-state index in [1.54, 1.807) is 0 Å². The third kappa shape index (κ3) is 7.96. The Morgan fingerprint density at radius 3 is 2.31 bits per heavy atom. The summed E-state index contributed by atoms with van der Waals surface area (Å²) in [6.07, 6.45) is 5.35. The monoisotopic (exact) mass is 400 g/mol. The van der Waals surface area contributed by atoms with E-state index in [2.05, 4.69) is 61.6 Å². The number of aliphatic imine (C=N–C) groups is 1. The zero-order valence-corrected chi connectivity index (χ0v) is 18.5. The van der Waals surface area contributed by atoms with E-state index < -0.39 is 0 Å². The quantitative estimate of drug-likeness (QED) is 0.541. The van der Waals surface area contributed by atoms with Gasteiger partial charge in [0, 0.05) is 46.3 Å². The minimum atomic E-state index is 0.804. The highest BCUT2D eigenvalue weighted by Crippen LogP contribution is 2.10. The minimum Gasteiger partial charge on any atom is -0.355 e. The average Bonchev–Trinajstić information content (AvgIpc) is 2.96. The van der Waals surface area contributed by atoms with Crippen LogP contribution in [0.4, 0.5) is 0 Å². The molecule has 2 heterocycles. The molecule has 3 rings (SSSR count). The summed E-state index contributed by atoms with van der Waals surface area (Å²) in [7, 11) is 4.07. The third-order valence-electron chi connectivity index (χ3n) is 6.09. The van der Waals surface area contributed by atoms with Gasteiger partial charge in [0.2, 0.25) is 0 Å². The van der Waals surface area contributed by atoms with Crippen LogP contribution in [-0.4, -0.2) is 87.1 Å². The standard InChI is InChI=1S/C23H40N6/c1-24-23(25-11-16-28-13-4-3-5-14-28)26-19-21-7-9-22(10-8-21)20-29-15-6-12-27(2)17-18-29/h7-10H,3-6,11-20H2,1-2H3,(H2,24,25,26). The van der Waals surface area contributed by atoms with Gasteiger partial charge in [-0.3, -0.25) is 9.89 Å². The second kappa shape index (κ2) is 12.2. The third-order valence-corrected chi connectivity index (χ3v) is 6.09. The van der Waals surface area contributed by atoms with Crippen molar-refractivity contribution in [2.45, 2.75) is 38.8 Å². The molecule has 0 bridgehead atoms. The summed E-state index contributed by atoms with van der Waals surface area (Å²) in [6, 6.07) is 9.04. The summed E-state index contributed by atoms with van der Waals surface area (Å²) in [5.74, 6) is 0.889. The van der Waals surface area contributed by atoms with Crippen LogP contribution < -0.4 is 10.6 Å². The first kappa shape index (κ1) is 22.1. The molecule has 0 radical (unpaired) electrons. The Morgan fingerprint density at radius 1 is 0.828 bits per heavy atom. The number of piperidine rings is 1. The molecule has 2 aliphatic rings. The first-order chi connectivity index (χ1) is 14.2. The van der Waals surface area contributed by atoms with E-state index in [-0.39, 0.29) is 0 Å². The van der Waals surface area contributed by atoms with Crippen LogP contribution >= 0.6 is 0 Å². The lowest BCUT2D eigenvalue weighted by atomic mass is 10.1. The zero-order valence-electron chi connectivity index (χ0n) is 18.5. The molecule has 2 aliphatic heterocycles. The van der Waals surface area contributed by atoms with E-state index in [0.717, 1.165) is 32.1 Å². The zero-order chi connectivity index (χ0) is 20.3. The molecule has 2 fully saturated rings. The van der Waals surface area contributed by atoms with E-state index in [1.807, 2.05) is 7.05 Å². The normalized spacial score (nSPS) is 20.4. The Morgan fingerprint density at radius 2 is 1.55 bits per heavy atom. The molecule has 0 spiro atoms. The van der Waals surface area contributed by atoms with Crippen molar-refractivity contribution in [1.82, 2.24) is 25.3 Å². The molecule has 6 heteroatoms. The fourth-order valence-electron chi connectivity index (χ4n) is 4.20. The van der Waals surface area contributed by atoms with Crippen LogP contribution in [0.25, 0.3) is 0 Å². The molecular formula is C23H40N6. The van der Waals surface area contributed by atoms with Crippen molar-refractivity contribution in [3.63, 3.8) is 0 Å². The number of nitrogens with one attached hydrogen (secondary N) is 2. The van der Waals surface area contributed by atoms with E-state index in [4.69, 9.17) is 0 Å². The molecule has 0 amide bonds. The van der Waals surface area contributed by atoms with E-state index in [1.165, 1.54) is 76.1 Å². The van der Waals surface area contributed by atoms with Crippen molar-refractivity contribution in [1.29, 1.82) is 0 Å². The predicted molar refractivity (Wildman–Crippen MR) is 122 cm³/mol. The molecule has 162 valence electrons. The molecule has 0 aromatic heterocycles. The van der Waals surface area contributed by atoms with Crippen molar-refractivity contribution in [2.75, 3.05) is 66.5 Å². The van der Waals surface area contributed by atoms with Crippen molar-refractivity contribution in [3.05, 3.63) is 35.4 Å². The number of nitrogens with zero attached hydrogens (tertiary/aromatic N) is 4. The average molecular weight is 401 g/mol. The second-order valence-electron chi connectivity index (χ2n) is 8.50. The smallest absolute Gasteiger partial charge is 0.191 e. The fraction of sp³-hybridized carbons (Fsp3) is 0.696. The Bertz CT molecular complexity index is 608. The van der Waals surface area contributed by atoms with Crippen molar-refractivity contribution >= 4 is 5.96 Å². The van der Waals surface area contributed by atoms with Gasteiger partial charge in [-0.25, -0.2) is 0 Å². The number of guanidine groups is 1. The first-order valence-electron chi connectivity index (χ1n) is 11.4. The highest BCUT2D eigenvalue weighted by molar-refractivity contribution is 5.79. The fourth-order valence-corrected chi connectivity index (χ4v) is 4.20. The Hall–Kier alpha value is -1.63. The lowest BCUT2D eigenvalue weighted by molar-refractivity contribution is 0.232. The summed E-state index contributed by atoms with van der Waals surface area (Å²) >= 11 is 0. The predicted octanol–water partition coefficient (Wildman–Crippen LogP) is 1.98. The van der Waals surface area contributed by atoms with Gasteiger partial charge in [0.25, 0.3) is 0 Å². The van der Waals surface area contributed by atoms with E-state index in [9.17, 15) is 0 Å². The Balaban J connectivity index is 1.37. The van der Waals surface area contributed by atoms with Crippen molar-refractivity contribution in [3.8, 4) is 0 Å². The molecule has 1 aromatic rings. The van der Waals surface area contributed by atoms with Crippen LogP contribution in [0, 0.1) is 0 Å². The second-order valence-corrected chi connectivity index (χ2v) is 8.50. The molecule has 1 aromatic carbocycles. The summed E-state index contributed by atoms with van der Waals surface area (Å²) in [6.45, 7) is 11.2. The lowest BCUT2D eigenvalue weighted by Gasteiger charge is -2.26. The van der Waals surface area contributed by atoms with Crippen LogP contribution in [0.2, 0.25) is 0 Å². The Labute approximate surface area is 177 Å². The number of benzene rings is 1. The minimum absolute atomic E-state index is 0.804. The van der Waals surface area contributed by atoms with Gasteiger partial charge in [-0.1, -0.05) is 30.7 Å². The van der Waals surface area contributed by atoms with Gasteiger partial charge < -0.3 is 20.4 Å². The van der Waals surface area contributed by atoms with Gasteiger partial charge in [-0.05, 0) is 63.6 Å². The maximum absolute atomic E-state index is 4.36. The molecule has 0 aliphatic carbocycles. The number of hydrogen-bond acceptors (Lipinski definition) is 4. The van der Waals surface area contributed by atoms with Gasteiger partial charge in [-0.15, -0.1) is 0 Å². The van der Waals surface area contributed by atoms with Gasteiger partial charge in [0.15, 0.2) is 5.96 Å². The van der Waals surface area contributed by atoms with E-state index in [0.29, 0.717) is 0 Å². The summed E-state index contributed by atoms with van der Waals surface area (Å²) in [5, 5.41) is 6.89. The largest absolute Gasteiger partial charge is 0.355 e.